The maximum atomic E-state index is 13.2. The number of benzene rings is 1. The number of hydrogen-bond acceptors (Lipinski definition) is 1. The van der Waals surface area contributed by atoms with Gasteiger partial charge in [0.05, 0.1) is 0 Å². The largest absolute Gasteiger partial charge is 0.310 e. The van der Waals surface area contributed by atoms with Crippen molar-refractivity contribution in [1.29, 1.82) is 0 Å². The molecule has 1 nitrogen and oxygen atoms in total. The first-order valence-corrected chi connectivity index (χ1v) is 6.10. The minimum absolute atomic E-state index is 0.133. The second-order valence-electron chi connectivity index (χ2n) is 4.41. The number of hydrogen-bond donors (Lipinski definition) is 1. The monoisotopic (exact) mass is 243 g/mol. The third kappa shape index (κ3) is 3.76. The number of rotatable bonds is 5. The highest BCUT2D eigenvalue weighted by Crippen LogP contribution is 2.28. The Morgan fingerprint density at radius 2 is 2.06 bits per heavy atom. The minimum atomic E-state index is -0.231. The lowest BCUT2D eigenvalue weighted by molar-refractivity contribution is 0.437. The Balaban J connectivity index is 2.94. The molecular weight excluding hydrogens is 225 g/mol. The molecule has 0 aliphatic rings. The zero-order valence-corrected chi connectivity index (χ0v) is 10.8. The van der Waals surface area contributed by atoms with Crippen LogP contribution in [0.15, 0.2) is 18.2 Å². The molecule has 90 valence electrons. The van der Waals surface area contributed by atoms with Crippen molar-refractivity contribution < 1.29 is 4.39 Å². The molecule has 0 radical (unpaired) electrons. The molecule has 1 N–H and O–H groups in total. The molecular formula is C13H19ClFN. The summed E-state index contributed by atoms with van der Waals surface area (Å²) < 4.78 is 13.2. The van der Waals surface area contributed by atoms with Crippen molar-refractivity contribution in [3.05, 3.63) is 34.6 Å². The van der Waals surface area contributed by atoms with E-state index in [2.05, 4.69) is 19.2 Å². The zero-order chi connectivity index (χ0) is 12.1. The Kier molecular flexibility index (Phi) is 5.23. The van der Waals surface area contributed by atoms with Crippen LogP contribution in [-0.4, -0.2) is 6.54 Å². The molecule has 0 heterocycles. The Bertz CT molecular complexity index is 339. The van der Waals surface area contributed by atoms with Gasteiger partial charge in [-0.1, -0.05) is 32.4 Å². The van der Waals surface area contributed by atoms with Crippen LogP contribution < -0.4 is 5.32 Å². The number of nitrogens with one attached hydrogen (secondary N) is 1. The van der Waals surface area contributed by atoms with Crippen molar-refractivity contribution in [3.63, 3.8) is 0 Å². The van der Waals surface area contributed by atoms with Gasteiger partial charge in [0.1, 0.15) is 5.82 Å². The van der Waals surface area contributed by atoms with Gasteiger partial charge in [-0.25, -0.2) is 4.39 Å². The predicted molar refractivity (Wildman–Crippen MR) is 67.3 cm³/mol. The summed E-state index contributed by atoms with van der Waals surface area (Å²) in [5.74, 6) is 0.314. The summed E-state index contributed by atoms with van der Waals surface area (Å²) in [7, 11) is 0. The molecule has 1 atom stereocenters. The Hall–Kier alpha value is -0.600. The van der Waals surface area contributed by atoms with Crippen LogP contribution in [0.25, 0.3) is 0 Å². The first-order valence-electron chi connectivity index (χ1n) is 5.73. The fourth-order valence-electron chi connectivity index (χ4n) is 1.82. The summed E-state index contributed by atoms with van der Waals surface area (Å²) in [4.78, 5) is 0. The van der Waals surface area contributed by atoms with Crippen LogP contribution in [0.3, 0.4) is 0 Å². The molecule has 0 fully saturated rings. The van der Waals surface area contributed by atoms with Gasteiger partial charge in [0.2, 0.25) is 0 Å². The van der Waals surface area contributed by atoms with E-state index in [-0.39, 0.29) is 11.9 Å². The van der Waals surface area contributed by atoms with E-state index in [9.17, 15) is 4.39 Å². The fourth-order valence-corrected chi connectivity index (χ4v) is 2.07. The van der Waals surface area contributed by atoms with E-state index < -0.39 is 0 Å². The van der Waals surface area contributed by atoms with Gasteiger partial charge in [0.15, 0.2) is 0 Å². The molecule has 0 saturated heterocycles. The topological polar surface area (TPSA) is 12.0 Å². The molecule has 1 aromatic carbocycles. The second-order valence-corrected chi connectivity index (χ2v) is 4.81. The van der Waals surface area contributed by atoms with Crippen molar-refractivity contribution in [3.8, 4) is 0 Å². The van der Waals surface area contributed by atoms with Gasteiger partial charge in [-0.3, -0.25) is 0 Å². The lowest BCUT2D eigenvalue weighted by Gasteiger charge is -2.21. The molecule has 1 unspecified atom stereocenters. The van der Waals surface area contributed by atoms with E-state index in [0.29, 0.717) is 10.9 Å². The molecule has 3 heteroatoms. The second kappa shape index (κ2) is 6.21. The predicted octanol–water partition coefficient (Wildman–Crippen LogP) is 4.18. The Labute approximate surface area is 102 Å². The van der Waals surface area contributed by atoms with Gasteiger partial charge in [-0.2, -0.15) is 0 Å². The van der Waals surface area contributed by atoms with Crippen LogP contribution in [0, 0.1) is 11.7 Å². The lowest BCUT2D eigenvalue weighted by atomic mass is 9.97. The van der Waals surface area contributed by atoms with Gasteiger partial charge in [-0.15, -0.1) is 0 Å². The van der Waals surface area contributed by atoms with E-state index in [1.54, 1.807) is 6.07 Å². The normalized spacial score (nSPS) is 13.1. The minimum Gasteiger partial charge on any atom is -0.310 e. The maximum absolute atomic E-state index is 13.2. The van der Waals surface area contributed by atoms with Crippen LogP contribution in [0.4, 0.5) is 4.39 Å². The molecule has 0 bridgehead atoms. The van der Waals surface area contributed by atoms with E-state index in [0.717, 1.165) is 18.5 Å². The van der Waals surface area contributed by atoms with Crippen LogP contribution in [0.2, 0.25) is 5.02 Å². The summed E-state index contributed by atoms with van der Waals surface area (Å²) in [6.07, 6.45) is 0.955. The van der Waals surface area contributed by atoms with Gasteiger partial charge in [0.25, 0.3) is 0 Å². The molecule has 0 aromatic heterocycles. The number of halogens is 2. The zero-order valence-electron chi connectivity index (χ0n) is 10.1. The average molecular weight is 244 g/mol. The van der Waals surface area contributed by atoms with Gasteiger partial charge in [-0.05, 0) is 42.6 Å². The van der Waals surface area contributed by atoms with Crippen LogP contribution in [0.5, 0.6) is 0 Å². The molecule has 1 aromatic rings. The van der Waals surface area contributed by atoms with E-state index >= 15 is 0 Å². The molecule has 0 saturated carbocycles. The van der Waals surface area contributed by atoms with E-state index in [4.69, 9.17) is 11.6 Å². The van der Waals surface area contributed by atoms with Crippen molar-refractivity contribution in [2.75, 3.05) is 6.54 Å². The summed E-state index contributed by atoms with van der Waals surface area (Å²) in [5, 5.41) is 3.98. The molecule has 0 aliphatic carbocycles. The molecule has 0 spiro atoms. The summed E-state index contributed by atoms with van der Waals surface area (Å²) in [5.41, 5.74) is 0.859. The Morgan fingerprint density at radius 1 is 1.38 bits per heavy atom. The first kappa shape index (κ1) is 13.5. The SMILES string of the molecule is CCNC(CC(C)C)c1cc(F)ccc1Cl. The molecule has 16 heavy (non-hydrogen) atoms. The molecule has 1 rings (SSSR count). The molecule has 0 aliphatic heterocycles. The highest BCUT2D eigenvalue weighted by atomic mass is 35.5. The fraction of sp³-hybridized carbons (Fsp3) is 0.538. The average Bonchev–Trinajstić information content (AvgIpc) is 2.20. The Morgan fingerprint density at radius 3 is 2.62 bits per heavy atom. The van der Waals surface area contributed by atoms with E-state index in [1.807, 2.05) is 6.92 Å². The third-order valence-electron chi connectivity index (χ3n) is 2.49. The lowest BCUT2D eigenvalue weighted by Crippen LogP contribution is -2.22. The first-order chi connectivity index (χ1) is 7.54. The van der Waals surface area contributed by atoms with Crippen LogP contribution in [-0.2, 0) is 0 Å². The third-order valence-corrected chi connectivity index (χ3v) is 2.84. The van der Waals surface area contributed by atoms with Gasteiger partial charge >= 0.3 is 0 Å². The summed E-state index contributed by atoms with van der Waals surface area (Å²) in [6, 6.07) is 4.67. The van der Waals surface area contributed by atoms with Crippen LogP contribution >= 0.6 is 11.6 Å². The van der Waals surface area contributed by atoms with Gasteiger partial charge in [0, 0.05) is 11.1 Å². The standard InChI is InChI=1S/C13H19ClFN/c1-4-16-13(7-9(2)3)11-8-10(15)5-6-12(11)14/h5-6,8-9,13,16H,4,7H2,1-3H3. The summed E-state index contributed by atoms with van der Waals surface area (Å²) in [6.45, 7) is 7.19. The van der Waals surface area contributed by atoms with Crippen molar-refractivity contribution >= 4 is 11.6 Å². The van der Waals surface area contributed by atoms with E-state index in [1.165, 1.54) is 12.1 Å². The smallest absolute Gasteiger partial charge is 0.123 e. The van der Waals surface area contributed by atoms with Crippen molar-refractivity contribution in [2.24, 2.45) is 5.92 Å². The molecule has 0 amide bonds. The highest BCUT2D eigenvalue weighted by Gasteiger charge is 2.15. The summed E-state index contributed by atoms with van der Waals surface area (Å²) >= 11 is 6.10. The van der Waals surface area contributed by atoms with Crippen molar-refractivity contribution in [1.82, 2.24) is 5.32 Å². The van der Waals surface area contributed by atoms with Crippen LogP contribution in [0.1, 0.15) is 38.8 Å². The maximum Gasteiger partial charge on any atom is 0.123 e. The highest BCUT2D eigenvalue weighted by molar-refractivity contribution is 6.31. The van der Waals surface area contributed by atoms with Gasteiger partial charge < -0.3 is 5.32 Å². The quantitative estimate of drug-likeness (QED) is 0.818. The van der Waals surface area contributed by atoms with Crippen molar-refractivity contribution in [2.45, 2.75) is 33.2 Å².